The number of fused-ring (bicyclic) bond motifs is 1. The molecule has 2 aromatic carbocycles. The third-order valence-corrected chi connectivity index (χ3v) is 5.24. The number of ether oxygens (including phenoxy) is 2. The lowest BCUT2D eigenvalue weighted by molar-refractivity contribution is 0.0716. The number of hydrogen-bond acceptors (Lipinski definition) is 7. The van der Waals surface area contributed by atoms with Gasteiger partial charge >= 0.3 is 0 Å². The van der Waals surface area contributed by atoms with E-state index in [1.807, 2.05) is 13.8 Å². The Labute approximate surface area is 186 Å². The van der Waals surface area contributed by atoms with Crippen molar-refractivity contribution in [3.63, 3.8) is 0 Å². The minimum absolute atomic E-state index is 0.0802. The molecule has 0 saturated carbocycles. The van der Waals surface area contributed by atoms with Gasteiger partial charge < -0.3 is 25.2 Å². The molecule has 0 spiro atoms. The summed E-state index contributed by atoms with van der Waals surface area (Å²) in [7, 11) is 0. The number of halogens is 1. The second-order valence-corrected chi connectivity index (χ2v) is 7.43. The predicted molar refractivity (Wildman–Crippen MR) is 122 cm³/mol. The van der Waals surface area contributed by atoms with Gasteiger partial charge in [0.05, 0.1) is 21.8 Å². The van der Waals surface area contributed by atoms with Crippen LogP contribution in [0.1, 0.15) is 19.4 Å². The maximum atomic E-state index is 10.3. The average molecular weight is 441 g/mol. The van der Waals surface area contributed by atoms with E-state index < -0.39 is 6.10 Å². The van der Waals surface area contributed by atoms with Crippen LogP contribution in [0.2, 0.25) is 5.02 Å². The molecule has 1 aromatic heterocycles. The summed E-state index contributed by atoms with van der Waals surface area (Å²) in [6, 6.07) is 12.2. The van der Waals surface area contributed by atoms with E-state index in [-0.39, 0.29) is 6.61 Å². The van der Waals surface area contributed by atoms with Crippen molar-refractivity contribution in [1.82, 2.24) is 9.88 Å². The van der Waals surface area contributed by atoms with Gasteiger partial charge in [-0.25, -0.2) is 0 Å². The summed E-state index contributed by atoms with van der Waals surface area (Å²) >= 11 is 6.08. The van der Waals surface area contributed by atoms with E-state index in [2.05, 4.69) is 16.0 Å². The fourth-order valence-corrected chi connectivity index (χ4v) is 3.33. The smallest absolute Gasteiger partial charge is 0.139 e. The first kappa shape index (κ1) is 22.6. The molecule has 0 aliphatic heterocycles. The number of nitrogens with two attached hydrogens (primary N) is 1. The van der Waals surface area contributed by atoms with Crippen molar-refractivity contribution >= 4 is 28.2 Å². The van der Waals surface area contributed by atoms with E-state index in [1.165, 1.54) is 0 Å². The summed E-state index contributed by atoms with van der Waals surface area (Å²) in [5, 5.41) is 20.9. The number of anilines is 1. The molecule has 0 bridgehead atoms. The Balaban J connectivity index is 1.84. The van der Waals surface area contributed by atoms with E-state index in [0.29, 0.717) is 51.0 Å². The molecule has 0 amide bonds. The van der Waals surface area contributed by atoms with Gasteiger partial charge in [0.2, 0.25) is 0 Å². The molecule has 3 aromatic rings. The highest BCUT2D eigenvalue weighted by atomic mass is 35.5. The molecule has 0 aliphatic carbocycles. The monoisotopic (exact) mass is 440 g/mol. The van der Waals surface area contributed by atoms with E-state index >= 15 is 0 Å². The molecule has 0 fully saturated rings. The number of pyridine rings is 1. The van der Waals surface area contributed by atoms with Crippen molar-refractivity contribution in [3.05, 3.63) is 53.2 Å². The zero-order valence-corrected chi connectivity index (χ0v) is 18.3. The van der Waals surface area contributed by atoms with Crippen molar-refractivity contribution in [2.45, 2.75) is 20.0 Å². The van der Waals surface area contributed by atoms with E-state index in [4.69, 9.17) is 26.8 Å². The van der Waals surface area contributed by atoms with Gasteiger partial charge in [-0.05, 0) is 37.4 Å². The van der Waals surface area contributed by atoms with Gasteiger partial charge in [0.1, 0.15) is 36.0 Å². The van der Waals surface area contributed by atoms with Gasteiger partial charge in [-0.2, -0.15) is 5.26 Å². The number of likely N-dealkylation sites (N-methyl/N-ethyl adjacent to an activating group) is 1. The first-order valence-corrected chi connectivity index (χ1v) is 10.4. The van der Waals surface area contributed by atoms with Crippen molar-refractivity contribution < 1.29 is 14.6 Å². The predicted octanol–water partition coefficient (Wildman–Crippen LogP) is 4.22. The summed E-state index contributed by atoms with van der Waals surface area (Å²) in [5.41, 5.74) is 7.15. The Morgan fingerprint density at radius 2 is 1.97 bits per heavy atom. The summed E-state index contributed by atoms with van der Waals surface area (Å²) < 4.78 is 11.7. The number of hydrogen-bond donors (Lipinski definition) is 2. The Bertz CT molecular complexity index is 1100. The zero-order chi connectivity index (χ0) is 22.4. The highest BCUT2D eigenvalue weighted by Gasteiger charge is 2.15. The molecule has 3 rings (SSSR count). The number of nitriles is 1. The number of benzene rings is 2. The van der Waals surface area contributed by atoms with Crippen LogP contribution in [0, 0.1) is 11.3 Å². The standard InChI is InChI=1S/C23H25ClN4O3/c1-3-28(4-2)13-16(29)14-30-23-11-21-18(9-15(23)12-25)22(7-8-27-21)31-17-5-6-20(26)19(24)10-17/h5-11,16,29H,3-4,13-14,26H2,1-2H3/t16-/m1/s1. The molecule has 31 heavy (non-hydrogen) atoms. The summed E-state index contributed by atoms with van der Waals surface area (Å²) in [5.74, 6) is 1.41. The van der Waals surface area contributed by atoms with Gasteiger partial charge in [-0.1, -0.05) is 25.4 Å². The van der Waals surface area contributed by atoms with Crippen LogP contribution in [0.3, 0.4) is 0 Å². The number of aliphatic hydroxyl groups excluding tert-OH is 1. The molecule has 0 aliphatic rings. The molecular formula is C23H25ClN4O3. The van der Waals surface area contributed by atoms with Gasteiger partial charge in [0.15, 0.2) is 0 Å². The highest BCUT2D eigenvalue weighted by Crippen LogP contribution is 2.34. The SMILES string of the molecule is CCN(CC)C[C@@H](O)COc1cc2nccc(Oc3ccc(N)c(Cl)c3)c2cc1C#N. The first-order valence-electron chi connectivity index (χ1n) is 10.0. The van der Waals surface area contributed by atoms with Gasteiger partial charge in [0, 0.05) is 30.3 Å². The lowest BCUT2D eigenvalue weighted by Gasteiger charge is -2.22. The number of rotatable bonds is 9. The zero-order valence-electron chi connectivity index (χ0n) is 17.5. The fourth-order valence-electron chi connectivity index (χ4n) is 3.16. The molecule has 7 nitrogen and oxygen atoms in total. The quantitative estimate of drug-likeness (QED) is 0.480. The van der Waals surface area contributed by atoms with Crippen molar-refractivity contribution in [3.8, 4) is 23.3 Å². The van der Waals surface area contributed by atoms with E-state index in [1.54, 1.807) is 42.6 Å². The van der Waals surface area contributed by atoms with Crippen LogP contribution in [0.25, 0.3) is 10.9 Å². The molecule has 0 unspecified atom stereocenters. The number of aromatic nitrogens is 1. The van der Waals surface area contributed by atoms with E-state index in [0.717, 1.165) is 13.1 Å². The van der Waals surface area contributed by atoms with Crippen LogP contribution in [0.5, 0.6) is 17.2 Å². The van der Waals surface area contributed by atoms with E-state index in [9.17, 15) is 10.4 Å². The van der Waals surface area contributed by atoms with Crippen LogP contribution in [0.15, 0.2) is 42.6 Å². The third kappa shape index (κ3) is 5.56. The lowest BCUT2D eigenvalue weighted by atomic mass is 10.1. The molecular weight excluding hydrogens is 416 g/mol. The first-order chi connectivity index (χ1) is 14.9. The van der Waals surface area contributed by atoms with Crippen LogP contribution >= 0.6 is 11.6 Å². The highest BCUT2D eigenvalue weighted by molar-refractivity contribution is 6.33. The molecule has 162 valence electrons. The largest absolute Gasteiger partial charge is 0.489 e. The Morgan fingerprint density at radius 1 is 1.19 bits per heavy atom. The van der Waals surface area contributed by atoms with Crippen molar-refractivity contribution in [2.75, 3.05) is 32.0 Å². The van der Waals surface area contributed by atoms with Crippen LogP contribution < -0.4 is 15.2 Å². The van der Waals surface area contributed by atoms with Crippen LogP contribution in [0.4, 0.5) is 5.69 Å². The van der Waals surface area contributed by atoms with Gasteiger partial charge in [-0.3, -0.25) is 4.98 Å². The van der Waals surface area contributed by atoms with Crippen molar-refractivity contribution in [1.29, 1.82) is 5.26 Å². The fraction of sp³-hybridized carbons (Fsp3) is 0.304. The Kier molecular flexibility index (Phi) is 7.53. The molecule has 8 heteroatoms. The number of aliphatic hydroxyl groups is 1. The minimum atomic E-state index is -0.667. The minimum Gasteiger partial charge on any atom is -0.489 e. The lowest BCUT2D eigenvalue weighted by Crippen LogP contribution is -2.35. The molecule has 1 heterocycles. The topological polar surface area (TPSA) is 105 Å². The normalized spacial score (nSPS) is 12.0. The molecule has 1 atom stereocenters. The Hall–Kier alpha value is -3.05. The average Bonchev–Trinajstić information content (AvgIpc) is 2.78. The van der Waals surface area contributed by atoms with Crippen LogP contribution in [-0.2, 0) is 0 Å². The second-order valence-electron chi connectivity index (χ2n) is 7.02. The maximum Gasteiger partial charge on any atom is 0.139 e. The summed E-state index contributed by atoms with van der Waals surface area (Å²) in [4.78, 5) is 6.47. The van der Waals surface area contributed by atoms with Crippen LogP contribution in [-0.4, -0.2) is 47.3 Å². The van der Waals surface area contributed by atoms with Gasteiger partial charge in [0.25, 0.3) is 0 Å². The molecule has 3 N–H and O–H groups in total. The van der Waals surface area contributed by atoms with Gasteiger partial charge in [-0.15, -0.1) is 0 Å². The number of nitrogens with zero attached hydrogens (tertiary/aromatic N) is 3. The molecule has 0 radical (unpaired) electrons. The maximum absolute atomic E-state index is 10.3. The Morgan fingerprint density at radius 3 is 2.65 bits per heavy atom. The summed E-state index contributed by atoms with van der Waals surface area (Å²) in [6.45, 7) is 6.35. The third-order valence-electron chi connectivity index (χ3n) is 4.92. The van der Waals surface area contributed by atoms with Crippen molar-refractivity contribution in [2.24, 2.45) is 0 Å². The number of nitrogen functional groups attached to an aromatic ring is 1. The second kappa shape index (κ2) is 10.3. The molecule has 0 saturated heterocycles. The summed E-state index contributed by atoms with van der Waals surface area (Å²) in [6.07, 6.45) is 0.946.